The maximum atomic E-state index is 12.6. The Morgan fingerprint density at radius 2 is 1.73 bits per heavy atom. The van der Waals surface area contributed by atoms with Crippen molar-refractivity contribution in [2.24, 2.45) is 0 Å². The SMILES string of the molecule is O=C([O-])c1cc(-c2sccc2-c2cc(Cl)ccc2OCc2ccccc2)ccc1OC(F)F. The highest BCUT2D eigenvalue weighted by Crippen LogP contribution is 2.43. The smallest absolute Gasteiger partial charge is 0.387 e. The van der Waals surface area contributed by atoms with Gasteiger partial charge in [-0.05, 0) is 59.0 Å². The van der Waals surface area contributed by atoms with Crippen molar-refractivity contribution in [2.45, 2.75) is 13.2 Å². The zero-order valence-corrected chi connectivity index (χ0v) is 18.5. The molecule has 0 unspecified atom stereocenters. The minimum absolute atomic E-state index is 0.351. The molecule has 4 aromatic rings. The van der Waals surface area contributed by atoms with Crippen LogP contribution in [-0.4, -0.2) is 12.6 Å². The number of carboxylic acids is 1. The van der Waals surface area contributed by atoms with E-state index in [0.29, 0.717) is 27.8 Å². The van der Waals surface area contributed by atoms with Gasteiger partial charge in [-0.3, -0.25) is 0 Å². The molecule has 0 saturated heterocycles. The number of benzene rings is 3. The Hall–Kier alpha value is -3.42. The minimum atomic E-state index is -3.15. The molecule has 33 heavy (non-hydrogen) atoms. The molecule has 8 heteroatoms. The Kier molecular flexibility index (Phi) is 6.91. The Balaban J connectivity index is 1.73. The topological polar surface area (TPSA) is 58.6 Å². The molecule has 0 amide bonds. The second-order valence-electron chi connectivity index (χ2n) is 6.96. The van der Waals surface area contributed by atoms with E-state index in [4.69, 9.17) is 16.3 Å². The maximum absolute atomic E-state index is 12.6. The predicted octanol–water partition coefficient (Wildman–Crippen LogP) is 6.28. The van der Waals surface area contributed by atoms with Crippen LogP contribution in [-0.2, 0) is 6.61 Å². The van der Waals surface area contributed by atoms with Crippen molar-refractivity contribution in [2.75, 3.05) is 0 Å². The summed E-state index contributed by atoms with van der Waals surface area (Å²) in [5, 5.41) is 13.9. The van der Waals surface area contributed by atoms with E-state index in [0.717, 1.165) is 16.7 Å². The average molecular weight is 486 g/mol. The van der Waals surface area contributed by atoms with E-state index in [-0.39, 0.29) is 0 Å². The van der Waals surface area contributed by atoms with Gasteiger partial charge in [-0.2, -0.15) is 8.78 Å². The van der Waals surface area contributed by atoms with Crippen molar-refractivity contribution in [3.63, 3.8) is 0 Å². The van der Waals surface area contributed by atoms with E-state index in [1.54, 1.807) is 18.2 Å². The molecule has 0 fully saturated rings. The normalized spacial score (nSPS) is 10.9. The van der Waals surface area contributed by atoms with Crippen molar-refractivity contribution in [3.8, 4) is 33.1 Å². The van der Waals surface area contributed by atoms with Gasteiger partial charge in [0.15, 0.2) is 0 Å². The van der Waals surface area contributed by atoms with Gasteiger partial charge in [0.2, 0.25) is 0 Å². The van der Waals surface area contributed by atoms with Crippen LogP contribution >= 0.6 is 22.9 Å². The molecule has 0 bridgehead atoms. The molecule has 4 rings (SSSR count). The fourth-order valence-corrected chi connectivity index (χ4v) is 4.43. The van der Waals surface area contributed by atoms with Gasteiger partial charge in [-0.25, -0.2) is 0 Å². The van der Waals surface area contributed by atoms with E-state index < -0.39 is 23.9 Å². The van der Waals surface area contributed by atoms with Crippen LogP contribution in [0, 0.1) is 0 Å². The first-order valence-electron chi connectivity index (χ1n) is 9.77. The number of rotatable bonds is 8. The van der Waals surface area contributed by atoms with Crippen molar-refractivity contribution >= 4 is 28.9 Å². The fourth-order valence-electron chi connectivity index (χ4n) is 3.35. The number of hydrogen-bond donors (Lipinski definition) is 0. The molecule has 0 N–H and O–H groups in total. The third-order valence-electron chi connectivity index (χ3n) is 4.81. The van der Waals surface area contributed by atoms with Crippen LogP contribution in [0.25, 0.3) is 21.6 Å². The van der Waals surface area contributed by atoms with Crippen LogP contribution in [0.15, 0.2) is 78.2 Å². The lowest BCUT2D eigenvalue weighted by atomic mass is 10.00. The molecule has 0 atom stereocenters. The minimum Gasteiger partial charge on any atom is -0.545 e. The summed E-state index contributed by atoms with van der Waals surface area (Å²) in [7, 11) is 0. The summed E-state index contributed by atoms with van der Waals surface area (Å²) in [4.78, 5) is 12.2. The highest BCUT2D eigenvalue weighted by molar-refractivity contribution is 7.14. The number of carboxylic acid groups (broad SMARTS) is 1. The number of carbonyl (C=O) groups is 1. The standard InChI is InChI=1S/C25H17ClF2O4S/c26-17-7-9-21(31-14-15-4-2-1-3-5-15)19(13-17)18-10-11-33-23(18)16-6-8-22(32-25(27)28)20(12-16)24(29)30/h1-13,25H,14H2,(H,29,30)/p-1. The summed E-state index contributed by atoms with van der Waals surface area (Å²) in [5.41, 5.74) is 2.53. The largest absolute Gasteiger partial charge is 0.545 e. The summed E-state index contributed by atoms with van der Waals surface area (Å²) in [6, 6.07) is 20.8. The van der Waals surface area contributed by atoms with Crippen LogP contribution in [0.1, 0.15) is 15.9 Å². The highest BCUT2D eigenvalue weighted by atomic mass is 35.5. The van der Waals surface area contributed by atoms with E-state index in [1.165, 1.54) is 29.5 Å². The van der Waals surface area contributed by atoms with Crippen LogP contribution in [0.5, 0.6) is 11.5 Å². The lowest BCUT2D eigenvalue weighted by Crippen LogP contribution is -2.23. The number of halogens is 3. The Bertz CT molecular complexity index is 1270. The molecular weight excluding hydrogens is 470 g/mol. The summed E-state index contributed by atoms with van der Waals surface area (Å²) in [6.45, 7) is -2.80. The first-order valence-corrected chi connectivity index (χ1v) is 11.0. The van der Waals surface area contributed by atoms with Gasteiger partial charge < -0.3 is 19.4 Å². The number of alkyl halides is 2. The van der Waals surface area contributed by atoms with Crippen LogP contribution in [0.4, 0.5) is 8.78 Å². The molecule has 3 aromatic carbocycles. The van der Waals surface area contributed by atoms with E-state index >= 15 is 0 Å². The van der Waals surface area contributed by atoms with Crippen molar-refractivity contribution < 1.29 is 28.2 Å². The van der Waals surface area contributed by atoms with E-state index in [2.05, 4.69) is 4.74 Å². The molecule has 0 radical (unpaired) electrons. The van der Waals surface area contributed by atoms with Gasteiger partial charge >= 0.3 is 6.61 Å². The van der Waals surface area contributed by atoms with Crippen LogP contribution in [0.2, 0.25) is 5.02 Å². The Morgan fingerprint density at radius 3 is 2.45 bits per heavy atom. The third kappa shape index (κ3) is 5.32. The first kappa shape index (κ1) is 22.8. The first-order chi connectivity index (χ1) is 15.9. The van der Waals surface area contributed by atoms with Crippen molar-refractivity contribution in [3.05, 3.63) is 94.3 Å². The average Bonchev–Trinajstić information content (AvgIpc) is 3.28. The number of thiophene rings is 1. The molecule has 0 aliphatic carbocycles. The van der Waals surface area contributed by atoms with E-state index in [9.17, 15) is 18.7 Å². The lowest BCUT2D eigenvalue weighted by molar-refractivity contribution is -0.255. The second kappa shape index (κ2) is 10.0. The molecule has 1 aromatic heterocycles. The second-order valence-corrected chi connectivity index (χ2v) is 8.31. The van der Waals surface area contributed by atoms with Crippen molar-refractivity contribution in [1.82, 2.24) is 0 Å². The molecular formula is C25H16ClF2O4S-. The third-order valence-corrected chi connectivity index (χ3v) is 6.01. The molecule has 0 aliphatic heterocycles. The fraction of sp³-hybridized carbons (Fsp3) is 0.0800. The molecule has 168 valence electrons. The zero-order valence-electron chi connectivity index (χ0n) is 17.0. The van der Waals surface area contributed by atoms with Gasteiger partial charge in [-0.15, -0.1) is 11.3 Å². The molecule has 0 aliphatic rings. The zero-order chi connectivity index (χ0) is 23.4. The highest BCUT2D eigenvalue weighted by Gasteiger charge is 2.17. The summed E-state index contributed by atoms with van der Waals surface area (Å²) >= 11 is 7.63. The summed E-state index contributed by atoms with van der Waals surface area (Å²) in [5.74, 6) is -1.47. The van der Waals surface area contributed by atoms with Gasteiger partial charge in [0.05, 0.1) is 5.97 Å². The Morgan fingerprint density at radius 1 is 0.970 bits per heavy atom. The molecule has 1 heterocycles. The Labute approximate surface area is 197 Å². The monoisotopic (exact) mass is 485 g/mol. The molecule has 4 nitrogen and oxygen atoms in total. The van der Waals surface area contributed by atoms with Gasteiger partial charge in [0.25, 0.3) is 0 Å². The number of ether oxygens (including phenoxy) is 2. The summed E-state index contributed by atoms with van der Waals surface area (Å²) < 4.78 is 35.7. The van der Waals surface area contributed by atoms with Crippen molar-refractivity contribution in [1.29, 1.82) is 0 Å². The number of carbonyl (C=O) groups excluding carboxylic acids is 1. The van der Waals surface area contributed by atoms with Crippen LogP contribution in [0.3, 0.4) is 0 Å². The van der Waals surface area contributed by atoms with Gasteiger partial charge in [-0.1, -0.05) is 41.9 Å². The lowest BCUT2D eigenvalue weighted by Gasteiger charge is -2.15. The quantitative estimate of drug-likeness (QED) is 0.295. The van der Waals surface area contributed by atoms with Gasteiger partial charge in [0, 0.05) is 26.6 Å². The summed E-state index contributed by atoms with van der Waals surface area (Å²) in [6.07, 6.45) is 0. The number of hydrogen-bond acceptors (Lipinski definition) is 5. The van der Waals surface area contributed by atoms with Crippen LogP contribution < -0.4 is 14.6 Å². The van der Waals surface area contributed by atoms with E-state index in [1.807, 2.05) is 41.8 Å². The maximum Gasteiger partial charge on any atom is 0.387 e. The number of aromatic carboxylic acids is 1. The predicted molar refractivity (Wildman–Crippen MR) is 122 cm³/mol. The van der Waals surface area contributed by atoms with Gasteiger partial charge in [0.1, 0.15) is 18.1 Å². The molecule has 0 spiro atoms. The molecule has 0 saturated carbocycles.